The molecule has 2 heteroatoms. The van der Waals surface area contributed by atoms with Crippen LogP contribution < -0.4 is 0 Å². The molecule has 0 aromatic carbocycles. The molecule has 1 aliphatic heterocycles. The lowest BCUT2D eigenvalue weighted by Crippen LogP contribution is -2.07. The van der Waals surface area contributed by atoms with Crippen molar-refractivity contribution < 1.29 is 0 Å². The van der Waals surface area contributed by atoms with E-state index in [0.717, 1.165) is 12.3 Å². The van der Waals surface area contributed by atoms with Crippen molar-refractivity contribution in [2.75, 3.05) is 0 Å². The molecular weight excluding hydrogens is 100 g/mol. The van der Waals surface area contributed by atoms with Crippen molar-refractivity contribution in [1.29, 1.82) is 0 Å². The van der Waals surface area contributed by atoms with Gasteiger partial charge in [0.05, 0.1) is 6.04 Å². The standard InChI is InChI=1S/C6H10N2/c1-5-3-4-7-6(2)8-5/h4-5H,3H2,1-2H3/t5-/m0/s1. The summed E-state index contributed by atoms with van der Waals surface area (Å²) in [7, 11) is 0. The van der Waals surface area contributed by atoms with Crippen molar-refractivity contribution in [3.63, 3.8) is 0 Å². The zero-order valence-electron chi connectivity index (χ0n) is 5.26. The first-order valence-electron chi connectivity index (χ1n) is 2.86. The van der Waals surface area contributed by atoms with Gasteiger partial charge in [0.1, 0.15) is 5.84 Å². The summed E-state index contributed by atoms with van der Waals surface area (Å²) in [6, 6.07) is 0.451. The van der Waals surface area contributed by atoms with Gasteiger partial charge in [0.15, 0.2) is 0 Å². The van der Waals surface area contributed by atoms with Crippen LogP contribution in [0.3, 0.4) is 0 Å². The van der Waals surface area contributed by atoms with Crippen LogP contribution in [0.5, 0.6) is 0 Å². The van der Waals surface area contributed by atoms with E-state index in [1.54, 1.807) is 0 Å². The Morgan fingerprint density at radius 2 is 2.50 bits per heavy atom. The van der Waals surface area contributed by atoms with E-state index in [1.165, 1.54) is 0 Å². The molecule has 8 heavy (non-hydrogen) atoms. The molecule has 0 aliphatic carbocycles. The second kappa shape index (κ2) is 2.07. The fourth-order valence-corrected chi connectivity index (χ4v) is 0.742. The molecule has 1 atom stereocenters. The zero-order chi connectivity index (χ0) is 5.98. The molecule has 1 aliphatic rings. The van der Waals surface area contributed by atoms with Gasteiger partial charge in [0.2, 0.25) is 0 Å². The van der Waals surface area contributed by atoms with Gasteiger partial charge in [-0.2, -0.15) is 0 Å². The Morgan fingerprint density at radius 3 is 2.88 bits per heavy atom. The summed E-state index contributed by atoms with van der Waals surface area (Å²) in [5.41, 5.74) is 0. The van der Waals surface area contributed by atoms with Crippen LogP contribution in [0.1, 0.15) is 20.3 Å². The SMILES string of the molecule is CC1=N[C@@H](C)CC=N1. The molecule has 0 aromatic rings. The summed E-state index contributed by atoms with van der Waals surface area (Å²) in [6.07, 6.45) is 2.92. The van der Waals surface area contributed by atoms with E-state index in [4.69, 9.17) is 0 Å². The van der Waals surface area contributed by atoms with Gasteiger partial charge in [-0.1, -0.05) is 0 Å². The summed E-state index contributed by atoms with van der Waals surface area (Å²) in [5, 5.41) is 0. The summed E-state index contributed by atoms with van der Waals surface area (Å²) in [6.45, 7) is 4.01. The molecule has 0 saturated heterocycles. The fraction of sp³-hybridized carbons (Fsp3) is 0.667. The molecule has 2 nitrogen and oxygen atoms in total. The molecule has 0 radical (unpaired) electrons. The van der Waals surface area contributed by atoms with Gasteiger partial charge < -0.3 is 0 Å². The van der Waals surface area contributed by atoms with E-state index in [1.807, 2.05) is 13.1 Å². The van der Waals surface area contributed by atoms with Crippen molar-refractivity contribution in [1.82, 2.24) is 0 Å². The lowest BCUT2D eigenvalue weighted by Gasteiger charge is -2.06. The predicted molar refractivity (Wildman–Crippen MR) is 35.7 cm³/mol. The third-order valence-corrected chi connectivity index (χ3v) is 1.13. The third kappa shape index (κ3) is 1.15. The first kappa shape index (κ1) is 5.48. The average Bonchev–Trinajstić information content (AvgIpc) is 1.64. The van der Waals surface area contributed by atoms with Gasteiger partial charge in [-0.15, -0.1) is 0 Å². The summed E-state index contributed by atoms with van der Waals surface area (Å²) in [5.74, 6) is 0.906. The Bertz CT molecular complexity index is 135. The van der Waals surface area contributed by atoms with Crippen molar-refractivity contribution in [3.8, 4) is 0 Å². The van der Waals surface area contributed by atoms with Crippen molar-refractivity contribution in [3.05, 3.63) is 0 Å². The minimum atomic E-state index is 0.451. The lowest BCUT2D eigenvalue weighted by molar-refractivity contribution is 0.776. The number of hydrogen-bond acceptors (Lipinski definition) is 2. The fourth-order valence-electron chi connectivity index (χ4n) is 0.742. The Hall–Kier alpha value is -0.660. The lowest BCUT2D eigenvalue weighted by atomic mass is 10.2. The highest BCUT2D eigenvalue weighted by Crippen LogP contribution is 2.00. The smallest absolute Gasteiger partial charge is 0.119 e. The Balaban J connectivity index is 2.63. The van der Waals surface area contributed by atoms with Crippen molar-refractivity contribution in [2.24, 2.45) is 9.98 Å². The molecule has 1 heterocycles. The van der Waals surface area contributed by atoms with Gasteiger partial charge in [-0.3, -0.25) is 4.99 Å². The number of amidine groups is 1. The van der Waals surface area contributed by atoms with Gasteiger partial charge in [-0.25, -0.2) is 4.99 Å². The van der Waals surface area contributed by atoms with E-state index in [2.05, 4.69) is 16.9 Å². The summed E-state index contributed by atoms with van der Waals surface area (Å²) < 4.78 is 0. The number of aliphatic imine (C=N–C) groups is 2. The molecule has 0 aromatic heterocycles. The maximum absolute atomic E-state index is 4.20. The summed E-state index contributed by atoms with van der Waals surface area (Å²) >= 11 is 0. The maximum Gasteiger partial charge on any atom is 0.119 e. The van der Waals surface area contributed by atoms with Gasteiger partial charge in [0, 0.05) is 12.6 Å². The van der Waals surface area contributed by atoms with Crippen LogP contribution >= 0.6 is 0 Å². The van der Waals surface area contributed by atoms with Gasteiger partial charge in [0.25, 0.3) is 0 Å². The van der Waals surface area contributed by atoms with Crippen molar-refractivity contribution in [2.45, 2.75) is 26.3 Å². The molecule has 44 valence electrons. The Labute approximate surface area is 49.3 Å². The van der Waals surface area contributed by atoms with Crippen LogP contribution in [0.15, 0.2) is 9.98 Å². The largest absolute Gasteiger partial charge is 0.267 e. The molecule has 0 saturated carbocycles. The Morgan fingerprint density at radius 1 is 1.75 bits per heavy atom. The quantitative estimate of drug-likeness (QED) is 0.448. The van der Waals surface area contributed by atoms with Crippen molar-refractivity contribution >= 4 is 12.1 Å². The number of hydrogen-bond donors (Lipinski definition) is 0. The predicted octanol–water partition coefficient (Wildman–Crippen LogP) is 1.27. The van der Waals surface area contributed by atoms with E-state index in [-0.39, 0.29) is 0 Å². The molecule has 0 N–H and O–H groups in total. The van der Waals surface area contributed by atoms with Gasteiger partial charge in [-0.05, 0) is 13.8 Å². The monoisotopic (exact) mass is 110 g/mol. The number of rotatable bonds is 0. The highest BCUT2D eigenvalue weighted by Gasteiger charge is 2.00. The second-order valence-corrected chi connectivity index (χ2v) is 2.07. The zero-order valence-corrected chi connectivity index (χ0v) is 5.26. The minimum absolute atomic E-state index is 0.451. The topological polar surface area (TPSA) is 24.7 Å². The molecular formula is C6H10N2. The summed E-state index contributed by atoms with van der Waals surface area (Å²) in [4.78, 5) is 8.21. The minimum Gasteiger partial charge on any atom is -0.267 e. The molecule has 0 amide bonds. The van der Waals surface area contributed by atoms with E-state index in [0.29, 0.717) is 6.04 Å². The van der Waals surface area contributed by atoms with Crippen LogP contribution in [0.4, 0.5) is 0 Å². The number of nitrogens with zero attached hydrogens (tertiary/aromatic N) is 2. The second-order valence-electron chi connectivity index (χ2n) is 2.07. The van der Waals surface area contributed by atoms with E-state index in [9.17, 15) is 0 Å². The molecule has 0 fully saturated rings. The average molecular weight is 110 g/mol. The molecule has 0 bridgehead atoms. The highest BCUT2D eigenvalue weighted by molar-refractivity contribution is 5.89. The van der Waals surface area contributed by atoms with E-state index >= 15 is 0 Å². The Kier molecular flexibility index (Phi) is 1.42. The maximum atomic E-state index is 4.20. The first-order chi connectivity index (χ1) is 3.79. The normalized spacial score (nSPS) is 27.8. The first-order valence-corrected chi connectivity index (χ1v) is 2.86. The van der Waals surface area contributed by atoms with Gasteiger partial charge >= 0.3 is 0 Å². The van der Waals surface area contributed by atoms with Crippen LogP contribution in [0.2, 0.25) is 0 Å². The highest BCUT2D eigenvalue weighted by atomic mass is 14.9. The molecule has 1 rings (SSSR count). The molecule has 0 spiro atoms. The van der Waals surface area contributed by atoms with Crippen LogP contribution in [0.25, 0.3) is 0 Å². The van der Waals surface area contributed by atoms with E-state index < -0.39 is 0 Å². The third-order valence-electron chi connectivity index (χ3n) is 1.13. The molecule has 0 unspecified atom stereocenters. The van der Waals surface area contributed by atoms with Crippen LogP contribution in [0, 0.1) is 0 Å². The van der Waals surface area contributed by atoms with Crippen LogP contribution in [-0.4, -0.2) is 18.1 Å². The van der Waals surface area contributed by atoms with Crippen LogP contribution in [-0.2, 0) is 0 Å².